The van der Waals surface area contributed by atoms with Crippen LogP contribution in [0.3, 0.4) is 0 Å². The van der Waals surface area contributed by atoms with E-state index in [1.165, 1.54) is 9.13 Å². The lowest BCUT2D eigenvalue weighted by molar-refractivity contribution is 0.536. The highest BCUT2D eigenvalue weighted by Crippen LogP contribution is 2.25. The summed E-state index contributed by atoms with van der Waals surface area (Å²) < 4.78 is 1.30. The molecule has 0 amide bonds. The van der Waals surface area contributed by atoms with Crippen LogP contribution in [-0.2, 0) is 5.41 Å². The molecule has 2 heteroatoms. The van der Waals surface area contributed by atoms with E-state index < -0.39 is 0 Å². The maximum Gasteiger partial charge on any atom is 0.0168 e. The van der Waals surface area contributed by atoms with Crippen molar-refractivity contribution in [2.75, 3.05) is 6.54 Å². The van der Waals surface area contributed by atoms with Gasteiger partial charge in [-0.25, -0.2) is 0 Å². The first-order valence-electron chi connectivity index (χ1n) is 4.03. The van der Waals surface area contributed by atoms with E-state index in [4.69, 9.17) is 5.73 Å². The molecule has 0 radical (unpaired) electrons. The van der Waals surface area contributed by atoms with E-state index in [2.05, 4.69) is 60.7 Å². The molecule has 0 fully saturated rings. The Morgan fingerprint density at radius 2 is 1.92 bits per heavy atom. The highest BCUT2D eigenvalue weighted by molar-refractivity contribution is 14.1. The van der Waals surface area contributed by atoms with E-state index in [0.29, 0.717) is 6.54 Å². The third-order valence-electron chi connectivity index (χ3n) is 2.11. The molecule has 0 atom stereocenters. The lowest BCUT2D eigenvalue weighted by atomic mass is 9.85. The average molecular weight is 275 g/mol. The minimum atomic E-state index is 0.0950. The number of benzene rings is 1. The third-order valence-corrected chi connectivity index (χ3v) is 3.05. The Hall–Kier alpha value is -0.0900. The summed E-state index contributed by atoms with van der Waals surface area (Å²) in [4.78, 5) is 0. The first-order valence-corrected chi connectivity index (χ1v) is 5.11. The van der Waals surface area contributed by atoms with E-state index >= 15 is 0 Å². The second-order valence-electron chi connectivity index (χ2n) is 3.57. The summed E-state index contributed by atoms with van der Waals surface area (Å²) in [6.45, 7) is 5.03. The normalized spacial score (nSPS) is 11.7. The van der Waals surface area contributed by atoms with Gasteiger partial charge in [0, 0.05) is 15.5 Å². The van der Waals surface area contributed by atoms with Gasteiger partial charge >= 0.3 is 0 Å². The van der Waals surface area contributed by atoms with Gasteiger partial charge < -0.3 is 5.73 Å². The number of hydrogen-bond acceptors (Lipinski definition) is 1. The fourth-order valence-corrected chi connectivity index (χ4v) is 2.24. The molecule has 66 valence electrons. The monoisotopic (exact) mass is 275 g/mol. The Labute approximate surface area is 87.5 Å². The van der Waals surface area contributed by atoms with Crippen LogP contribution >= 0.6 is 22.6 Å². The van der Waals surface area contributed by atoms with Crippen molar-refractivity contribution >= 4 is 22.6 Å². The molecule has 0 saturated heterocycles. The molecule has 0 aliphatic rings. The van der Waals surface area contributed by atoms with Gasteiger partial charge in [0.1, 0.15) is 0 Å². The summed E-state index contributed by atoms with van der Waals surface area (Å²) in [7, 11) is 0. The largest absolute Gasteiger partial charge is 0.330 e. The third kappa shape index (κ3) is 1.98. The van der Waals surface area contributed by atoms with Crippen molar-refractivity contribution in [1.82, 2.24) is 0 Å². The van der Waals surface area contributed by atoms with Gasteiger partial charge in [-0.15, -0.1) is 0 Å². The van der Waals surface area contributed by atoms with E-state index in [0.717, 1.165) is 0 Å². The van der Waals surface area contributed by atoms with Gasteiger partial charge in [-0.3, -0.25) is 0 Å². The van der Waals surface area contributed by atoms with Crippen LogP contribution in [0.5, 0.6) is 0 Å². The topological polar surface area (TPSA) is 26.0 Å². The van der Waals surface area contributed by atoms with Crippen molar-refractivity contribution in [1.29, 1.82) is 0 Å². The second kappa shape index (κ2) is 3.75. The van der Waals surface area contributed by atoms with Gasteiger partial charge in [-0.2, -0.15) is 0 Å². The molecule has 12 heavy (non-hydrogen) atoms. The molecular formula is C10H14IN. The average Bonchev–Trinajstić information content (AvgIpc) is 2.05. The molecule has 1 rings (SSSR count). The standard InChI is InChI=1S/C10H14IN/c1-10(2,7-12)8-5-3-4-6-9(8)11/h3-6H,7,12H2,1-2H3. The summed E-state index contributed by atoms with van der Waals surface area (Å²) >= 11 is 2.35. The summed E-state index contributed by atoms with van der Waals surface area (Å²) in [5.74, 6) is 0. The molecular weight excluding hydrogens is 261 g/mol. The first kappa shape index (κ1) is 9.99. The van der Waals surface area contributed by atoms with Crippen LogP contribution in [0.25, 0.3) is 0 Å². The maximum absolute atomic E-state index is 5.70. The zero-order valence-electron chi connectivity index (χ0n) is 7.47. The highest BCUT2D eigenvalue weighted by Gasteiger charge is 2.20. The summed E-state index contributed by atoms with van der Waals surface area (Å²) in [5.41, 5.74) is 7.14. The van der Waals surface area contributed by atoms with Gasteiger partial charge in [-0.1, -0.05) is 32.0 Å². The Kier molecular flexibility index (Phi) is 3.12. The highest BCUT2D eigenvalue weighted by atomic mass is 127. The van der Waals surface area contributed by atoms with Crippen molar-refractivity contribution in [3.63, 3.8) is 0 Å². The SMILES string of the molecule is CC(C)(CN)c1ccccc1I. The summed E-state index contributed by atoms with van der Waals surface area (Å²) in [5, 5.41) is 0. The molecule has 2 N–H and O–H groups in total. The Morgan fingerprint density at radius 1 is 1.33 bits per heavy atom. The van der Waals surface area contributed by atoms with Crippen LogP contribution in [0.1, 0.15) is 19.4 Å². The van der Waals surface area contributed by atoms with Crippen LogP contribution < -0.4 is 5.73 Å². The number of halogens is 1. The van der Waals surface area contributed by atoms with E-state index in [-0.39, 0.29) is 5.41 Å². The molecule has 0 bridgehead atoms. The number of nitrogens with two attached hydrogens (primary N) is 1. The predicted molar refractivity (Wildman–Crippen MR) is 61.2 cm³/mol. The Balaban J connectivity index is 3.10. The van der Waals surface area contributed by atoms with Gasteiger partial charge in [-0.05, 0) is 34.2 Å². The zero-order chi connectivity index (χ0) is 9.19. The van der Waals surface area contributed by atoms with Crippen LogP contribution in [0.2, 0.25) is 0 Å². The molecule has 0 spiro atoms. The van der Waals surface area contributed by atoms with Crippen molar-refractivity contribution in [3.05, 3.63) is 33.4 Å². The minimum absolute atomic E-state index is 0.0950. The van der Waals surface area contributed by atoms with Gasteiger partial charge in [0.25, 0.3) is 0 Å². The first-order chi connectivity index (χ1) is 5.58. The van der Waals surface area contributed by atoms with E-state index in [1.54, 1.807) is 0 Å². The van der Waals surface area contributed by atoms with Crippen molar-refractivity contribution in [2.45, 2.75) is 19.3 Å². The van der Waals surface area contributed by atoms with Gasteiger partial charge in [0.05, 0.1) is 0 Å². The van der Waals surface area contributed by atoms with Crippen LogP contribution in [-0.4, -0.2) is 6.54 Å². The molecule has 0 aliphatic heterocycles. The summed E-state index contributed by atoms with van der Waals surface area (Å²) in [6, 6.07) is 8.38. The molecule has 0 aliphatic carbocycles. The van der Waals surface area contributed by atoms with E-state index in [1.807, 2.05) is 0 Å². The molecule has 1 aromatic rings. The molecule has 0 heterocycles. The van der Waals surface area contributed by atoms with Gasteiger partial charge in [0.2, 0.25) is 0 Å². The molecule has 0 saturated carbocycles. The Bertz CT molecular complexity index is 268. The van der Waals surface area contributed by atoms with Crippen molar-refractivity contribution in [2.24, 2.45) is 5.73 Å². The molecule has 1 nitrogen and oxygen atoms in total. The number of rotatable bonds is 2. The maximum atomic E-state index is 5.70. The smallest absolute Gasteiger partial charge is 0.0168 e. The van der Waals surface area contributed by atoms with Crippen LogP contribution in [0.4, 0.5) is 0 Å². The van der Waals surface area contributed by atoms with Crippen molar-refractivity contribution < 1.29 is 0 Å². The number of hydrogen-bond donors (Lipinski definition) is 1. The van der Waals surface area contributed by atoms with Crippen LogP contribution in [0.15, 0.2) is 24.3 Å². The fourth-order valence-electron chi connectivity index (χ4n) is 1.12. The van der Waals surface area contributed by atoms with E-state index in [9.17, 15) is 0 Å². The Morgan fingerprint density at radius 3 is 2.42 bits per heavy atom. The minimum Gasteiger partial charge on any atom is -0.330 e. The molecule has 0 aromatic heterocycles. The lowest BCUT2D eigenvalue weighted by Gasteiger charge is -2.24. The van der Waals surface area contributed by atoms with Crippen molar-refractivity contribution in [3.8, 4) is 0 Å². The van der Waals surface area contributed by atoms with Gasteiger partial charge in [0.15, 0.2) is 0 Å². The zero-order valence-corrected chi connectivity index (χ0v) is 9.63. The predicted octanol–water partition coefficient (Wildman–Crippen LogP) is 2.53. The second-order valence-corrected chi connectivity index (χ2v) is 4.73. The molecule has 1 aromatic carbocycles. The molecule has 0 unspecified atom stereocenters. The lowest BCUT2D eigenvalue weighted by Crippen LogP contribution is -2.28. The summed E-state index contributed by atoms with van der Waals surface area (Å²) in [6.07, 6.45) is 0. The quantitative estimate of drug-likeness (QED) is 0.825. The van der Waals surface area contributed by atoms with Crippen LogP contribution in [0, 0.1) is 3.57 Å². The fraction of sp³-hybridized carbons (Fsp3) is 0.400.